The second-order valence-corrected chi connectivity index (χ2v) is 3.24. The largest absolute Gasteiger partial charge is 0.352 e. The van der Waals surface area contributed by atoms with Gasteiger partial charge in [0.15, 0.2) is 0 Å². The van der Waals surface area contributed by atoms with E-state index in [-0.39, 0.29) is 0 Å². The van der Waals surface area contributed by atoms with Gasteiger partial charge in [0.05, 0.1) is 6.54 Å². The van der Waals surface area contributed by atoms with E-state index < -0.39 is 6.03 Å². The zero-order valence-electron chi connectivity index (χ0n) is 6.04. The number of allylic oxidation sites excluding steroid dienone is 2. The van der Waals surface area contributed by atoms with Crippen molar-refractivity contribution in [1.82, 2.24) is 5.32 Å². The van der Waals surface area contributed by atoms with E-state index in [0.29, 0.717) is 6.54 Å². The second kappa shape index (κ2) is 4.08. The Hall–Kier alpha value is -0.900. The lowest BCUT2D eigenvalue weighted by molar-refractivity contribution is 0.250. The Labute approximate surface area is 69.7 Å². The summed E-state index contributed by atoms with van der Waals surface area (Å²) >= 11 is 1.71. The number of primary amides is 1. The molecule has 60 valence electrons. The highest BCUT2D eigenvalue weighted by molar-refractivity contribution is 8.03. The monoisotopic (exact) mass is 170 g/mol. The number of hydrogen-bond donors (Lipinski definition) is 2. The number of hydrogen-bond acceptors (Lipinski definition) is 2. The van der Waals surface area contributed by atoms with Crippen LogP contribution < -0.4 is 11.1 Å². The summed E-state index contributed by atoms with van der Waals surface area (Å²) in [6.45, 7) is 0.546. The van der Waals surface area contributed by atoms with E-state index in [9.17, 15) is 4.79 Å². The zero-order valence-corrected chi connectivity index (χ0v) is 6.86. The molecule has 2 amide bonds. The van der Waals surface area contributed by atoms with Crippen LogP contribution in [0.15, 0.2) is 23.1 Å². The molecule has 0 aromatic rings. The number of rotatable bonds is 2. The number of thioether (sulfide) groups is 1. The third-order valence-corrected chi connectivity index (χ3v) is 2.23. The van der Waals surface area contributed by atoms with Crippen LogP contribution in [0, 0.1) is 0 Å². The molecule has 0 atom stereocenters. The van der Waals surface area contributed by atoms with E-state index in [1.54, 1.807) is 11.8 Å². The molecule has 0 fully saturated rings. The summed E-state index contributed by atoms with van der Waals surface area (Å²) < 4.78 is 0. The molecule has 1 heterocycles. The summed E-state index contributed by atoms with van der Waals surface area (Å²) in [6, 6.07) is -0.471. The third-order valence-electron chi connectivity index (χ3n) is 1.22. The van der Waals surface area contributed by atoms with Crippen LogP contribution in [0.2, 0.25) is 0 Å². The van der Waals surface area contributed by atoms with E-state index in [1.165, 1.54) is 0 Å². The standard InChI is InChI=1S/C7H10N2OS/c8-7(10)9-5-6-3-1-2-4-11-6/h1-3H,4-5H2,(H3,8,9,10). The van der Waals surface area contributed by atoms with Crippen molar-refractivity contribution in [3.05, 3.63) is 23.1 Å². The lowest BCUT2D eigenvalue weighted by Gasteiger charge is -2.07. The minimum absolute atomic E-state index is 0.471. The van der Waals surface area contributed by atoms with Gasteiger partial charge in [-0.15, -0.1) is 11.8 Å². The van der Waals surface area contributed by atoms with Crippen molar-refractivity contribution in [1.29, 1.82) is 0 Å². The van der Waals surface area contributed by atoms with E-state index in [0.717, 1.165) is 10.7 Å². The average molecular weight is 170 g/mol. The molecule has 0 aromatic heterocycles. The number of carbonyl (C=O) groups is 1. The van der Waals surface area contributed by atoms with Gasteiger partial charge in [0.2, 0.25) is 0 Å². The average Bonchev–Trinajstić information content (AvgIpc) is 2.03. The Morgan fingerprint density at radius 1 is 1.82 bits per heavy atom. The molecule has 0 radical (unpaired) electrons. The summed E-state index contributed by atoms with van der Waals surface area (Å²) in [5.74, 6) is 0.978. The van der Waals surface area contributed by atoms with Crippen molar-refractivity contribution in [3.63, 3.8) is 0 Å². The number of nitrogens with one attached hydrogen (secondary N) is 1. The Kier molecular flexibility index (Phi) is 3.04. The highest BCUT2D eigenvalue weighted by atomic mass is 32.2. The Morgan fingerprint density at radius 3 is 3.18 bits per heavy atom. The van der Waals surface area contributed by atoms with Crippen LogP contribution in [-0.2, 0) is 0 Å². The fourth-order valence-corrected chi connectivity index (χ4v) is 1.49. The maximum Gasteiger partial charge on any atom is 0.312 e. The first-order valence-electron chi connectivity index (χ1n) is 3.31. The maximum absolute atomic E-state index is 10.3. The second-order valence-electron chi connectivity index (χ2n) is 2.09. The van der Waals surface area contributed by atoms with Gasteiger partial charge in [0.25, 0.3) is 0 Å². The van der Waals surface area contributed by atoms with Crippen LogP contribution in [0.3, 0.4) is 0 Å². The molecule has 3 nitrogen and oxygen atoms in total. The Morgan fingerprint density at radius 2 is 2.64 bits per heavy atom. The molecule has 11 heavy (non-hydrogen) atoms. The van der Waals surface area contributed by atoms with E-state index in [2.05, 4.69) is 11.4 Å². The van der Waals surface area contributed by atoms with Crippen molar-refractivity contribution in [2.45, 2.75) is 0 Å². The van der Waals surface area contributed by atoms with Gasteiger partial charge >= 0.3 is 6.03 Å². The van der Waals surface area contributed by atoms with E-state index in [1.807, 2.05) is 12.2 Å². The normalized spacial score (nSPS) is 15.8. The van der Waals surface area contributed by atoms with Gasteiger partial charge in [-0.25, -0.2) is 4.79 Å². The van der Waals surface area contributed by atoms with Gasteiger partial charge < -0.3 is 11.1 Å². The summed E-state index contributed by atoms with van der Waals surface area (Å²) in [5, 5.41) is 2.53. The third kappa shape index (κ3) is 3.13. The summed E-state index contributed by atoms with van der Waals surface area (Å²) in [5.41, 5.74) is 4.91. The van der Waals surface area contributed by atoms with Crippen molar-refractivity contribution in [3.8, 4) is 0 Å². The fourth-order valence-electron chi connectivity index (χ4n) is 0.718. The smallest absolute Gasteiger partial charge is 0.312 e. The number of carbonyl (C=O) groups excluding carboxylic acids is 1. The topological polar surface area (TPSA) is 55.1 Å². The first-order chi connectivity index (χ1) is 5.29. The van der Waals surface area contributed by atoms with Gasteiger partial charge in [-0.3, -0.25) is 0 Å². The number of amides is 2. The molecule has 0 aromatic carbocycles. The molecule has 1 aliphatic heterocycles. The summed E-state index contributed by atoms with van der Waals surface area (Å²) in [7, 11) is 0. The quantitative estimate of drug-likeness (QED) is 0.645. The van der Waals surface area contributed by atoms with Gasteiger partial charge in [0, 0.05) is 10.7 Å². The van der Waals surface area contributed by atoms with Crippen LogP contribution >= 0.6 is 11.8 Å². The summed E-state index contributed by atoms with van der Waals surface area (Å²) in [6.07, 6.45) is 6.02. The van der Waals surface area contributed by atoms with Crippen molar-refractivity contribution in [2.75, 3.05) is 12.3 Å². The molecule has 0 bridgehead atoms. The first kappa shape index (κ1) is 8.20. The zero-order chi connectivity index (χ0) is 8.10. The predicted octanol–water partition coefficient (Wildman–Crippen LogP) is 0.842. The molecule has 3 N–H and O–H groups in total. The molecule has 0 saturated heterocycles. The van der Waals surface area contributed by atoms with Crippen molar-refractivity contribution >= 4 is 17.8 Å². The molecule has 0 saturated carbocycles. The highest BCUT2D eigenvalue weighted by Gasteiger charge is 2.00. The molecule has 1 aliphatic rings. The highest BCUT2D eigenvalue weighted by Crippen LogP contribution is 2.18. The van der Waals surface area contributed by atoms with Crippen molar-refractivity contribution in [2.24, 2.45) is 5.73 Å². The molecule has 0 unspecified atom stereocenters. The summed E-state index contributed by atoms with van der Waals surface area (Å²) in [4.78, 5) is 11.4. The van der Waals surface area contributed by atoms with Crippen molar-refractivity contribution < 1.29 is 4.79 Å². The number of nitrogens with two attached hydrogens (primary N) is 1. The molecular formula is C7H10N2OS. The van der Waals surface area contributed by atoms with Crippen LogP contribution in [-0.4, -0.2) is 18.3 Å². The molecule has 4 heteroatoms. The SMILES string of the molecule is NC(=O)NCC1=CC=CCS1. The van der Waals surface area contributed by atoms with Crippen LogP contribution in [0.25, 0.3) is 0 Å². The fraction of sp³-hybridized carbons (Fsp3) is 0.286. The molecule has 0 aliphatic carbocycles. The minimum Gasteiger partial charge on any atom is -0.352 e. The molecular weight excluding hydrogens is 160 g/mol. The maximum atomic E-state index is 10.3. The Bertz CT molecular complexity index is 210. The minimum atomic E-state index is -0.471. The van der Waals surface area contributed by atoms with E-state index >= 15 is 0 Å². The molecule has 1 rings (SSSR count). The predicted molar refractivity (Wildman–Crippen MR) is 47.3 cm³/mol. The van der Waals surface area contributed by atoms with Crippen LogP contribution in [0.4, 0.5) is 4.79 Å². The van der Waals surface area contributed by atoms with Crippen LogP contribution in [0.5, 0.6) is 0 Å². The lowest BCUT2D eigenvalue weighted by Crippen LogP contribution is -2.30. The van der Waals surface area contributed by atoms with Gasteiger partial charge in [-0.05, 0) is 0 Å². The number of urea groups is 1. The van der Waals surface area contributed by atoms with Gasteiger partial charge in [-0.1, -0.05) is 18.2 Å². The van der Waals surface area contributed by atoms with Gasteiger partial charge in [-0.2, -0.15) is 0 Å². The first-order valence-corrected chi connectivity index (χ1v) is 4.29. The van der Waals surface area contributed by atoms with Crippen LogP contribution in [0.1, 0.15) is 0 Å². The lowest BCUT2D eigenvalue weighted by atomic mass is 10.4. The Balaban J connectivity index is 2.31. The van der Waals surface area contributed by atoms with Gasteiger partial charge in [0.1, 0.15) is 0 Å². The van der Waals surface area contributed by atoms with E-state index in [4.69, 9.17) is 5.73 Å². The molecule has 0 spiro atoms.